The Morgan fingerprint density at radius 1 is 1.36 bits per heavy atom. The van der Waals surface area contributed by atoms with Crippen molar-refractivity contribution >= 4 is 23.0 Å². The topological polar surface area (TPSA) is 99.1 Å². The van der Waals surface area contributed by atoms with E-state index >= 15 is 0 Å². The lowest BCUT2D eigenvalue weighted by Crippen LogP contribution is -1.91. The second kappa shape index (κ2) is 2.87. The lowest BCUT2D eigenvalue weighted by molar-refractivity contribution is -0.383. The van der Waals surface area contributed by atoms with Gasteiger partial charge in [0.05, 0.1) is 4.92 Å². The zero-order valence-corrected chi connectivity index (χ0v) is 6.71. The fraction of sp³-hybridized carbons (Fsp3) is 0. The quantitative estimate of drug-likeness (QED) is 0.399. The highest BCUT2D eigenvalue weighted by molar-refractivity contribution is 5.97. The largest absolute Gasteiger partial charge is 0.300 e. The number of fused-ring (bicyclic) bond motifs is 1. The van der Waals surface area contributed by atoms with Gasteiger partial charge in [-0.15, -0.1) is 0 Å². The van der Waals surface area contributed by atoms with Gasteiger partial charge in [-0.25, -0.2) is 4.63 Å². The lowest BCUT2D eigenvalue weighted by Gasteiger charge is -1.91. The van der Waals surface area contributed by atoms with Crippen LogP contribution < -0.4 is 0 Å². The Kier molecular flexibility index (Phi) is 1.70. The maximum absolute atomic E-state index is 10.5. The predicted octanol–water partition coefficient (Wildman–Crippen LogP) is 0.943. The molecule has 1 aromatic carbocycles. The molecule has 0 amide bonds. The number of hydrogen-bond acceptors (Lipinski definition) is 6. The number of nitrogens with zero attached hydrogens (tertiary/aromatic N) is 3. The van der Waals surface area contributed by atoms with E-state index in [1.54, 1.807) is 0 Å². The SMILES string of the molecule is O=Cc1ccc([N+](=O)[O-])c2nonc12. The van der Waals surface area contributed by atoms with E-state index in [1.807, 2.05) is 0 Å². The summed E-state index contributed by atoms with van der Waals surface area (Å²) in [6.07, 6.45) is 0.538. The highest BCUT2D eigenvalue weighted by atomic mass is 16.6. The number of hydrogen-bond donors (Lipinski definition) is 0. The van der Waals surface area contributed by atoms with Crippen LogP contribution in [0.25, 0.3) is 11.0 Å². The third kappa shape index (κ3) is 1.03. The monoisotopic (exact) mass is 193 g/mol. The van der Waals surface area contributed by atoms with Crippen molar-refractivity contribution in [3.8, 4) is 0 Å². The predicted molar refractivity (Wildman–Crippen MR) is 43.8 cm³/mol. The highest BCUT2D eigenvalue weighted by Crippen LogP contribution is 2.24. The molecule has 14 heavy (non-hydrogen) atoms. The van der Waals surface area contributed by atoms with Crippen LogP contribution in [0.2, 0.25) is 0 Å². The fourth-order valence-electron chi connectivity index (χ4n) is 1.12. The first-order chi connectivity index (χ1) is 6.74. The van der Waals surface area contributed by atoms with Crippen LogP contribution in [-0.4, -0.2) is 21.5 Å². The summed E-state index contributed by atoms with van der Waals surface area (Å²) >= 11 is 0. The van der Waals surface area contributed by atoms with Crippen molar-refractivity contribution in [2.24, 2.45) is 0 Å². The van der Waals surface area contributed by atoms with Crippen molar-refractivity contribution in [3.05, 3.63) is 27.8 Å². The van der Waals surface area contributed by atoms with Crippen LogP contribution in [0.4, 0.5) is 5.69 Å². The molecule has 0 N–H and O–H groups in total. The van der Waals surface area contributed by atoms with E-state index in [0.717, 1.165) is 0 Å². The molecule has 0 aliphatic carbocycles. The Morgan fingerprint density at radius 2 is 2.07 bits per heavy atom. The zero-order valence-electron chi connectivity index (χ0n) is 6.71. The number of carbonyl (C=O) groups is 1. The molecule has 2 aromatic rings. The van der Waals surface area contributed by atoms with E-state index in [-0.39, 0.29) is 22.3 Å². The van der Waals surface area contributed by atoms with Gasteiger partial charge in [0.1, 0.15) is 0 Å². The van der Waals surface area contributed by atoms with Crippen molar-refractivity contribution in [3.63, 3.8) is 0 Å². The first-order valence-corrected chi connectivity index (χ1v) is 3.59. The average Bonchev–Trinajstić information content (AvgIpc) is 2.64. The van der Waals surface area contributed by atoms with Crippen LogP contribution in [-0.2, 0) is 0 Å². The van der Waals surface area contributed by atoms with Gasteiger partial charge in [0.25, 0.3) is 0 Å². The summed E-state index contributed by atoms with van der Waals surface area (Å²) in [5.74, 6) is 0. The van der Waals surface area contributed by atoms with Crippen LogP contribution in [0.5, 0.6) is 0 Å². The zero-order chi connectivity index (χ0) is 10.1. The summed E-state index contributed by atoms with van der Waals surface area (Å²) in [5.41, 5.74) is 0.0764. The van der Waals surface area contributed by atoms with Crippen LogP contribution in [0.3, 0.4) is 0 Å². The Morgan fingerprint density at radius 3 is 2.71 bits per heavy atom. The number of nitro groups is 1. The molecule has 1 aromatic heterocycles. The molecule has 0 atom stereocenters. The van der Waals surface area contributed by atoms with E-state index in [9.17, 15) is 14.9 Å². The minimum Gasteiger partial charge on any atom is -0.298 e. The number of benzene rings is 1. The lowest BCUT2D eigenvalue weighted by atomic mass is 10.2. The van der Waals surface area contributed by atoms with Crippen LogP contribution in [0, 0.1) is 10.1 Å². The summed E-state index contributed by atoms with van der Waals surface area (Å²) in [6.45, 7) is 0. The second-order valence-electron chi connectivity index (χ2n) is 2.51. The van der Waals surface area contributed by atoms with Crippen LogP contribution in [0.1, 0.15) is 10.4 Å². The summed E-state index contributed by atoms with van der Waals surface area (Å²) in [5, 5.41) is 17.3. The number of non-ortho nitro benzene ring substituents is 1. The van der Waals surface area contributed by atoms with Gasteiger partial charge in [0.2, 0.25) is 5.52 Å². The molecule has 1 heterocycles. The van der Waals surface area contributed by atoms with E-state index in [0.29, 0.717) is 6.29 Å². The Bertz CT molecular complexity index is 519. The van der Waals surface area contributed by atoms with Gasteiger partial charge >= 0.3 is 5.69 Å². The molecule has 2 rings (SSSR count). The average molecular weight is 193 g/mol. The molecule has 0 unspecified atom stereocenters. The van der Waals surface area contributed by atoms with E-state index < -0.39 is 4.92 Å². The number of nitro benzene ring substituents is 1. The van der Waals surface area contributed by atoms with Gasteiger partial charge in [-0.2, -0.15) is 0 Å². The van der Waals surface area contributed by atoms with Crippen LogP contribution in [0.15, 0.2) is 16.8 Å². The maximum Gasteiger partial charge on any atom is 0.300 e. The molecular weight excluding hydrogens is 190 g/mol. The van der Waals surface area contributed by atoms with Crippen molar-refractivity contribution in [1.29, 1.82) is 0 Å². The Balaban J connectivity index is 2.84. The number of aromatic nitrogens is 2. The van der Waals surface area contributed by atoms with Crippen molar-refractivity contribution in [2.75, 3.05) is 0 Å². The summed E-state index contributed by atoms with van der Waals surface area (Å²) in [6, 6.07) is 2.49. The molecule has 0 aliphatic heterocycles. The minimum absolute atomic E-state index is 0.0143. The number of rotatable bonds is 2. The smallest absolute Gasteiger partial charge is 0.298 e. The van der Waals surface area contributed by atoms with Crippen LogP contribution >= 0.6 is 0 Å². The summed E-state index contributed by atoms with van der Waals surface area (Å²) in [4.78, 5) is 20.4. The van der Waals surface area contributed by atoms with Crippen molar-refractivity contribution in [2.45, 2.75) is 0 Å². The van der Waals surface area contributed by atoms with Gasteiger partial charge in [-0.3, -0.25) is 14.9 Å². The molecule has 0 spiro atoms. The highest BCUT2D eigenvalue weighted by Gasteiger charge is 2.18. The van der Waals surface area contributed by atoms with E-state index in [1.165, 1.54) is 12.1 Å². The van der Waals surface area contributed by atoms with Crippen molar-refractivity contribution < 1.29 is 14.3 Å². The summed E-state index contributed by atoms with van der Waals surface area (Å²) in [7, 11) is 0. The molecule has 0 saturated carbocycles. The molecule has 0 fully saturated rings. The molecule has 70 valence electrons. The number of aldehydes is 1. The van der Waals surface area contributed by atoms with Gasteiger partial charge in [0, 0.05) is 11.6 Å². The van der Waals surface area contributed by atoms with E-state index in [4.69, 9.17) is 0 Å². The first-order valence-electron chi connectivity index (χ1n) is 3.59. The third-order valence-electron chi connectivity index (χ3n) is 1.75. The third-order valence-corrected chi connectivity index (χ3v) is 1.75. The second-order valence-corrected chi connectivity index (χ2v) is 2.51. The van der Waals surface area contributed by atoms with Gasteiger partial charge in [-0.05, 0) is 16.4 Å². The molecular formula is C7H3N3O4. The Labute approximate surface area is 76.4 Å². The van der Waals surface area contributed by atoms with Crippen molar-refractivity contribution in [1.82, 2.24) is 10.3 Å². The van der Waals surface area contributed by atoms with Gasteiger partial charge < -0.3 is 0 Å². The fourth-order valence-corrected chi connectivity index (χ4v) is 1.12. The van der Waals surface area contributed by atoms with E-state index in [2.05, 4.69) is 14.9 Å². The molecule has 7 heteroatoms. The Hall–Kier alpha value is -2.31. The first kappa shape index (κ1) is 8.30. The standard InChI is InChI=1S/C7H3N3O4/c11-3-4-1-2-5(10(12)13)7-6(4)8-14-9-7/h1-3H. The minimum atomic E-state index is -0.610. The molecule has 0 bridgehead atoms. The van der Waals surface area contributed by atoms with Gasteiger partial charge in [-0.1, -0.05) is 0 Å². The molecule has 0 radical (unpaired) electrons. The molecule has 7 nitrogen and oxygen atoms in total. The van der Waals surface area contributed by atoms with Gasteiger partial charge in [0.15, 0.2) is 11.8 Å². The maximum atomic E-state index is 10.5. The molecule has 0 saturated heterocycles. The number of carbonyl (C=O) groups excluding carboxylic acids is 1. The summed E-state index contributed by atoms with van der Waals surface area (Å²) < 4.78 is 4.33. The molecule has 0 aliphatic rings. The normalized spacial score (nSPS) is 10.3.